The van der Waals surface area contributed by atoms with Crippen molar-refractivity contribution in [2.45, 2.75) is 19.8 Å². The summed E-state index contributed by atoms with van der Waals surface area (Å²) in [7, 11) is 0. The van der Waals surface area contributed by atoms with Crippen LogP contribution in [-0.2, 0) is 4.79 Å². The number of nitrogens with zero attached hydrogens (tertiary/aromatic N) is 1. The number of carbonyl (C=O) groups is 1. The molecule has 1 aliphatic rings. The van der Waals surface area contributed by atoms with Gasteiger partial charge in [-0.1, -0.05) is 13.0 Å². The third-order valence-corrected chi connectivity index (χ3v) is 3.16. The van der Waals surface area contributed by atoms with Crippen molar-refractivity contribution < 1.29 is 4.79 Å². The second-order valence-electron chi connectivity index (χ2n) is 4.48. The first kappa shape index (κ1) is 11.1. The summed E-state index contributed by atoms with van der Waals surface area (Å²) < 4.78 is 0. The molecule has 1 fully saturated rings. The van der Waals surface area contributed by atoms with Gasteiger partial charge in [0.15, 0.2) is 0 Å². The van der Waals surface area contributed by atoms with Gasteiger partial charge in [0.2, 0.25) is 5.91 Å². The van der Waals surface area contributed by atoms with Crippen LogP contribution < -0.4 is 10.6 Å². The summed E-state index contributed by atoms with van der Waals surface area (Å²) >= 11 is 0. The molecule has 0 radical (unpaired) electrons. The van der Waals surface area contributed by atoms with E-state index in [0.717, 1.165) is 25.9 Å². The van der Waals surface area contributed by atoms with Crippen LogP contribution in [0.25, 0.3) is 0 Å². The molecule has 1 amide bonds. The summed E-state index contributed by atoms with van der Waals surface area (Å²) in [5.74, 6) is 0.708. The molecule has 0 unspecified atom stereocenters. The quantitative estimate of drug-likeness (QED) is 0.790. The van der Waals surface area contributed by atoms with Crippen LogP contribution in [0.3, 0.4) is 0 Å². The molecule has 0 saturated carbocycles. The van der Waals surface area contributed by atoms with Crippen LogP contribution in [0.1, 0.15) is 19.8 Å². The molecule has 1 aromatic rings. The van der Waals surface area contributed by atoms with Crippen molar-refractivity contribution in [3.63, 3.8) is 0 Å². The van der Waals surface area contributed by atoms with E-state index in [0.29, 0.717) is 5.82 Å². The molecule has 86 valence electrons. The number of amides is 1. The Morgan fingerprint density at radius 1 is 1.44 bits per heavy atom. The standard InChI is InChI=1S/C12H17N3O/c1-12(5-8-13-9-6-12)11(16)15-10-4-2-3-7-14-10/h2-4,7,13H,5-6,8-9H2,1H3,(H,14,15,16). The Morgan fingerprint density at radius 3 is 2.81 bits per heavy atom. The first-order valence-electron chi connectivity index (χ1n) is 5.64. The molecule has 0 bridgehead atoms. The number of aromatic nitrogens is 1. The maximum absolute atomic E-state index is 12.1. The summed E-state index contributed by atoms with van der Waals surface area (Å²) in [6.07, 6.45) is 3.44. The zero-order valence-electron chi connectivity index (χ0n) is 9.49. The third-order valence-electron chi connectivity index (χ3n) is 3.16. The molecule has 1 aliphatic heterocycles. The van der Waals surface area contributed by atoms with Crippen LogP contribution in [0.2, 0.25) is 0 Å². The highest BCUT2D eigenvalue weighted by molar-refractivity contribution is 5.94. The topological polar surface area (TPSA) is 54.0 Å². The average Bonchev–Trinajstić information content (AvgIpc) is 2.31. The zero-order valence-corrected chi connectivity index (χ0v) is 9.49. The van der Waals surface area contributed by atoms with Gasteiger partial charge in [0.25, 0.3) is 0 Å². The highest BCUT2D eigenvalue weighted by Gasteiger charge is 2.34. The number of rotatable bonds is 2. The Hall–Kier alpha value is -1.42. The number of hydrogen-bond acceptors (Lipinski definition) is 3. The second kappa shape index (κ2) is 4.61. The minimum atomic E-state index is -0.261. The van der Waals surface area contributed by atoms with Gasteiger partial charge in [0.1, 0.15) is 5.82 Å². The van der Waals surface area contributed by atoms with Gasteiger partial charge in [-0.3, -0.25) is 4.79 Å². The maximum Gasteiger partial charge on any atom is 0.231 e. The average molecular weight is 219 g/mol. The number of anilines is 1. The van der Waals surface area contributed by atoms with Crippen molar-refractivity contribution in [1.82, 2.24) is 10.3 Å². The molecule has 0 atom stereocenters. The molecule has 0 aliphatic carbocycles. The molecule has 1 saturated heterocycles. The summed E-state index contributed by atoms with van der Waals surface area (Å²) in [6, 6.07) is 5.51. The molecule has 4 heteroatoms. The fraction of sp³-hybridized carbons (Fsp3) is 0.500. The molecular formula is C12H17N3O. The second-order valence-corrected chi connectivity index (χ2v) is 4.48. The first-order valence-corrected chi connectivity index (χ1v) is 5.64. The van der Waals surface area contributed by atoms with Gasteiger partial charge in [0.05, 0.1) is 0 Å². The van der Waals surface area contributed by atoms with Crippen molar-refractivity contribution in [2.24, 2.45) is 5.41 Å². The first-order chi connectivity index (χ1) is 7.71. The van der Waals surface area contributed by atoms with E-state index in [4.69, 9.17) is 0 Å². The van der Waals surface area contributed by atoms with Crippen molar-refractivity contribution in [3.8, 4) is 0 Å². The van der Waals surface area contributed by atoms with Crippen LogP contribution in [-0.4, -0.2) is 24.0 Å². The van der Waals surface area contributed by atoms with Crippen molar-refractivity contribution in [2.75, 3.05) is 18.4 Å². The van der Waals surface area contributed by atoms with Crippen molar-refractivity contribution >= 4 is 11.7 Å². The molecule has 1 aromatic heterocycles. The summed E-state index contributed by atoms with van der Waals surface area (Å²) in [5.41, 5.74) is -0.261. The molecule has 2 heterocycles. The van der Waals surface area contributed by atoms with Crippen LogP contribution in [0.4, 0.5) is 5.82 Å². The van der Waals surface area contributed by atoms with Crippen LogP contribution >= 0.6 is 0 Å². The van der Waals surface area contributed by atoms with E-state index in [1.54, 1.807) is 6.20 Å². The lowest BCUT2D eigenvalue weighted by Crippen LogP contribution is -2.42. The van der Waals surface area contributed by atoms with E-state index in [1.807, 2.05) is 25.1 Å². The van der Waals surface area contributed by atoms with E-state index in [9.17, 15) is 4.79 Å². The predicted octanol–water partition coefficient (Wildman–Crippen LogP) is 1.41. The lowest BCUT2D eigenvalue weighted by molar-refractivity contribution is -0.126. The van der Waals surface area contributed by atoms with Crippen molar-refractivity contribution in [1.29, 1.82) is 0 Å². The smallest absolute Gasteiger partial charge is 0.231 e. The number of nitrogens with one attached hydrogen (secondary N) is 2. The molecule has 2 N–H and O–H groups in total. The van der Waals surface area contributed by atoms with Crippen LogP contribution in [0.15, 0.2) is 24.4 Å². The fourth-order valence-corrected chi connectivity index (χ4v) is 1.91. The number of hydrogen-bond donors (Lipinski definition) is 2. The third kappa shape index (κ3) is 2.39. The molecule has 2 rings (SSSR count). The van der Waals surface area contributed by atoms with E-state index < -0.39 is 0 Å². The minimum absolute atomic E-state index is 0.0766. The maximum atomic E-state index is 12.1. The van der Waals surface area contributed by atoms with Crippen LogP contribution in [0, 0.1) is 5.41 Å². The Bertz CT molecular complexity index is 358. The van der Waals surface area contributed by atoms with E-state index in [2.05, 4.69) is 15.6 Å². The minimum Gasteiger partial charge on any atom is -0.317 e. The van der Waals surface area contributed by atoms with Gasteiger partial charge >= 0.3 is 0 Å². The van der Waals surface area contributed by atoms with Gasteiger partial charge in [0, 0.05) is 11.6 Å². The summed E-state index contributed by atoms with van der Waals surface area (Å²) in [5, 5.41) is 6.14. The van der Waals surface area contributed by atoms with Gasteiger partial charge in [-0.2, -0.15) is 0 Å². The highest BCUT2D eigenvalue weighted by Crippen LogP contribution is 2.29. The molecule has 16 heavy (non-hydrogen) atoms. The van der Waals surface area contributed by atoms with Gasteiger partial charge in [-0.15, -0.1) is 0 Å². The largest absolute Gasteiger partial charge is 0.317 e. The summed E-state index contributed by atoms with van der Waals surface area (Å²) in [4.78, 5) is 16.2. The Balaban J connectivity index is 2.02. The fourth-order valence-electron chi connectivity index (χ4n) is 1.91. The lowest BCUT2D eigenvalue weighted by atomic mass is 9.80. The van der Waals surface area contributed by atoms with Gasteiger partial charge in [-0.25, -0.2) is 4.98 Å². The Kier molecular flexibility index (Phi) is 3.19. The molecule has 0 aromatic carbocycles. The Labute approximate surface area is 95.5 Å². The van der Waals surface area contributed by atoms with E-state index >= 15 is 0 Å². The molecular weight excluding hydrogens is 202 g/mol. The zero-order chi connectivity index (χ0) is 11.4. The van der Waals surface area contributed by atoms with E-state index in [-0.39, 0.29) is 11.3 Å². The normalized spacial score (nSPS) is 19.1. The monoisotopic (exact) mass is 219 g/mol. The SMILES string of the molecule is CC1(C(=O)Nc2ccccn2)CCNCC1. The Morgan fingerprint density at radius 2 is 2.19 bits per heavy atom. The molecule has 0 spiro atoms. The lowest BCUT2D eigenvalue weighted by Gasteiger charge is -2.32. The highest BCUT2D eigenvalue weighted by atomic mass is 16.2. The van der Waals surface area contributed by atoms with Crippen LogP contribution in [0.5, 0.6) is 0 Å². The summed E-state index contributed by atoms with van der Waals surface area (Å²) in [6.45, 7) is 3.84. The van der Waals surface area contributed by atoms with Gasteiger partial charge in [-0.05, 0) is 38.1 Å². The van der Waals surface area contributed by atoms with Gasteiger partial charge < -0.3 is 10.6 Å². The number of piperidine rings is 1. The number of pyridine rings is 1. The van der Waals surface area contributed by atoms with E-state index in [1.165, 1.54) is 0 Å². The number of carbonyl (C=O) groups excluding carboxylic acids is 1. The predicted molar refractivity (Wildman–Crippen MR) is 63.1 cm³/mol. The molecule has 4 nitrogen and oxygen atoms in total. The van der Waals surface area contributed by atoms with Crippen molar-refractivity contribution in [3.05, 3.63) is 24.4 Å².